The van der Waals surface area contributed by atoms with Crippen molar-refractivity contribution in [2.45, 2.75) is 72.3 Å². The van der Waals surface area contributed by atoms with Crippen LogP contribution in [0.25, 0.3) is 0 Å². The van der Waals surface area contributed by atoms with E-state index >= 15 is 0 Å². The van der Waals surface area contributed by atoms with E-state index in [9.17, 15) is 0 Å². The lowest BCUT2D eigenvalue weighted by atomic mass is 9.75. The van der Waals surface area contributed by atoms with Gasteiger partial charge in [0, 0.05) is 37.5 Å². The van der Waals surface area contributed by atoms with E-state index in [1.54, 1.807) is 11.1 Å². The van der Waals surface area contributed by atoms with E-state index in [1.165, 1.54) is 43.2 Å². The highest BCUT2D eigenvalue weighted by Gasteiger charge is 2.42. The van der Waals surface area contributed by atoms with Crippen LogP contribution in [-0.2, 0) is 13.0 Å². The Labute approximate surface area is 204 Å². The number of likely N-dealkylation sites (tertiary alicyclic amines) is 1. The highest BCUT2D eigenvalue weighted by Crippen LogP contribution is 2.42. The van der Waals surface area contributed by atoms with Gasteiger partial charge in [-0.3, -0.25) is 0 Å². The van der Waals surface area contributed by atoms with E-state index < -0.39 is 0 Å². The lowest BCUT2D eigenvalue weighted by molar-refractivity contribution is 0.277. The van der Waals surface area contributed by atoms with Crippen LogP contribution in [0.2, 0.25) is 0 Å². The molecule has 2 aliphatic rings. The van der Waals surface area contributed by atoms with E-state index in [0.29, 0.717) is 5.92 Å². The van der Waals surface area contributed by atoms with Gasteiger partial charge in [-0.25, -0.2) is 0 Å². The number of benzene rings is 2. The molecule has 2 heteroatoms. The van der Waals surface area contributed by atoms with Gasteiger partial charge in [0.1, 0.15) is 0 Å². The van der Waals surface area contributed by atoms with Gasteiger partial charge in [-0.15, -0.1) is 13.2 Å². The monoisotopic (exact) mass is 448 g/mol. The van der Waals surface area contributed by atoms with Crippen molar-refractivity contribution in [3.8, 4) is 0 Å². The van der Waals surface area contributed by atoms with Gasteiger partial charge in [0.15, 0.2) is 0 Å². The first-order chi connectivity index (χ1) is 16.0. The maximum absolute atomic E-state index is 3.76. The van der Waals surface area contributed by atoms with E-state index in [1.807, 2.05) is 13.8 Å². The molecule has 2 nitrogen and oxygen atoms in total. The predicted molar refractivity (Wildman–Crippen MR) is 146 cm³/mol. The van der Waals surface area contributed by atoms with Crippen LogP contribution in [0.4, 0.5) is 0 Å². The molecule has 4 rings (SSSR count). The molecular formula is C31H48N2. The summed E-state index contributed by atoms with van der Waals surface area (Å²) in [5.74, 6) is 1.51. The lowest BCUT2D eigenvalue weighted by Gasteiger charge is -2.32. The molecule has 2 atom stereocenters. The predicted octanol–water partition coefficient (Wildman–Crippen LogP) is 7.38. The molecular weight excluding hydrogens is 400 g/mol. The average Bonchev–Trinajstić information content (AvgIpc) is 3.46. The van der Waals surface area contributed by atoms with Crippen molar-refractivity contribution < 1.29 is 0 Å². The number of nitrogens with one attached hydrogen (secondary N) is 1. The molecule has 1 aliphatic heterocycles. The van der Waals surface area contributed by atoms with Crippen LogP contribution in [0.5, 0.6) is 0 Å². The molecule has 1 saturated heterocycles. The van der Waals surface area contributed by atoms with Gasteiger partial charge in [0.05, 0.1) is 0 Å². The Kier molecular flexibility index (Phi) is 11.4. The molecule has 2 fully saturated rings. The smallest absolute Gasteiger partial charge is 0.0205 e. The maximum atomic E-state index is 3.76. The molecule has 1 saturated carbocycles. The fourth-order valence-corrected chi connectivity index (χ4v) is 5.75. The number of hydrogen-bond donors (Lipinski definition) is 1. The van der Waals surface area contributed by atoms with Gasteiger partial charge in [0.25, 0.3) is 0 Å². The molecule has 2 aromatic carbocycles. The second kappa shape index (κ2) is 13.7. The second-order valence-electron chi connectivity index (χ2n) is 10.0. The molecule has 2 aromatic rings. The minimum atomic E-state index is 0.267. The zero-order valence-corrected chi connectivity index (χ0v) is 22.0. The third-order valence-corrected chi connectivity index (χ3v) is 7.43. The quantitative estimate of drug-likeness (QED) is 0.444. The molecule has 0 spiro atoms. The van der Waals surface area contributed by atoms with Gasteiger partial charge in [0.2, 0.25) is 0 Å². The molecule has 0 amide bonds. The van der Waals surface area contributed by atoms with Crippen LogP contribution < -0.4 is 5.32 Å². The summed E-state index contributed by atoms with van der Waals surface area (Å²) in [4.78, 5) is 2.52. The Balaban J connectivity index is 0.000000914. The molecule has 1 aliphatic carbocycles. The first-order valence-electron chi connectivity index (χ1n) is 13.1. The largest absolute Gasteiger partial charge is 0.312 e. The van der Waals surface area contributed by atoms with E-state index in [-0.39, 0.29) is 5.41 Å². The number of aryl methyl sites for hydroxylation is 1. The van der Waals surface area contributed by atoms with Crippen LogP contribution in [-0.4, -0.2) is 31.6 Å². The van der Waals surface area contributed by atoms with Gasteiger partial charge in [-0.05, 0) is 48.6 Å². The fourth-order valence-electron chi connectivity index (χ4n) is 5.75. The van der Waals surface area contributed by atoms with E-state index in [4.69, 9.17) is 0 Å². The number of nitrogens with zero attached hydrogens (tertiary/aromatic N) is 1. The first-order valence-corrected chi connectivity index (χ1v) is 13.1. The van der Waals surface area contributed by atoms with Crippen molar-refractivity contribution in [2.24, 2.45) is 11.3 Å². The summed E-state index contributed by atoms with van der Waals surface area (Å²) in [5, 5.41) is 3.76. The molecule has 182 valence electrons. The number of likely N-dealkylation sites (N-methyl/N-ethyl adjacent to an activating group) is 1. The SMILES string of the molecule is C=C.CC.Cc1ccc(C2CN(C)CC2(C)CNCc2ccccc2)cc1CC1CCCC1. The molecule has 0 radical (unpaired) electrons. The van der Waals surface area contributed by atoms with Gasteiger partial charge in [-0.2, -0.15) is 0 Å². The second-order valence-corrected chi connectivity index (χ2v) is 10.0. The summed E-state index contributed by atoms with van der Waals surface area (Å²) in [6.07, 6.45) is 7.00. The van der Waals surface area contributed by atoms with E-state index in [2.05, 4.69) is 92.8 Å². The zero-order chi connectivity index (χ0) is 24.3. The van der Waals surface area contributed by atoms with Crippen LogP contribution in [0.15, 0.2) is 61.7 Å². The van der Waals surface area contributed by atoms with Crippen molar-refractivity contribution in [3.05, 3.63) is 83.9 Å². The molecule has 2 unspecified atom stereocenters. The molecule has 1 heterocycles. The standard InChI is InChI=1S/C27H38N2.C2H6.C2H4/c1-21-13-14-24(16-25(21)15-22-9-7-8-10-22)26-18-29(3)20-27(26,2)19-28-17-23-11-5-4-6-12-23;2*1-2/h4-6,11-14,16,22,26,28H,7-10,15,17-20H2,1-3H3;1-2H3;1-2H2. The lowest BCUT2D eigenvalue weighted by Crippen LogP contribution is -2.37. The minimum Gasteiger partial charge on any atom is -0.312 e. The Morgan fingerprint density at radius 3 is 2.36 bits per heavy atom. The molecule has 1 N–H and O–H groups in total. The number of hydrogen-bond acceptors (Lipinski definition) is 2. The van der Waals surface area contributed by atoms with E-state index in [0.717, 1.165) is 32.1 Å². The molecule has 33 heavy (non-hydrogen) atoms. The fraction of sp³-hybridized carbons (Fsp3) is 0.548. The maximum Gasteiger partial charge on any atom is 0.0205 e. The average molecular weight is 449 g/mol. The minimum absolute atomic E-state index is 0.267. The topological polar surface area (TPSA) is 15.3 Å². The number of rotatable bonds is 7. The van der Waals surface area contributed by atoms with Gasteiger partial charge >= 0.3 is 0 Å². The van der Waals surface area contributed by atoms with Gasteiger partial charge in [-0.1, -0.05) is 95.0 Å². The van der Waals surface area contributed by atoms with Crippen molar-refractivity contribution in [1.82, 2.24) is 10.2 Å². The first kappa shape index (κ1) is 27.3. The summed E-state index contributed by atoms with van der Waals surface area (Å²) in [5.41, 5.74) is 6.27. The third kappa shape index (κ3) is 7.55. The Morgan fingerprint density at radius 2 is 1.70 bits per heavy atom. The summed E-state index contributed by atoms with van der Waals surface area (Å²) < 4.78 is 0. The third-order valence-electron chi connectivity index (χ3n) is 7.43. The highest BCUT2D eigenvalue weighted by molar-refractivity contribution is 5.35. The van der Waals surface area contributed by atoms with Gasteiger partial charge < -0.3 is 10.2 Å². The summed E-state index contributed by atoms with van der Waals surface area (Å²) in [7, 11) is 2.28. The highest BCUT2D eigenvalue weighted by atomic mass is 15.1. The van der Waals surface area contributed by atoms with Crippen LogP contribution in [0.3, 0.4) is 0 Å². The zero-order valence-electron chi connectivity index (χ0n) is 22.0. The summed E-state index contributed by atoms with van der Waals surface area (Å²) >= 11 is 0. The Morgan fingerprint density at radius 1 is 1.03 bits per heavy atom. The summed E-state index contributed by atoms with van der Waals surface area (Å²) in [6.45, 7) is 19.1. The molecule has 0 bridgehead atoms. The normalized spacial score (nSPS) is 22.9. The Bertz CT molecular complexity index is 809. The van der Waals surface area contributed by atoms with Crippen LogP contribution in [0.1, 0.15) is 74.6 Å². The van der Waals surface area contributed by atoms with Crippen molar-refractivity contribution in [3.63, 3.8) is 0 Å². The summed E-state index contributed by atoms with van der Waals surface area (Å²) in [6, 6.07) is 18.1. The van der Waals surface area contributed by atoms with Crippen LogP contribution in [0, 0.1) is 18.3 Å². The molecule has 0 aromatic heterocycles. The van der Waals surface area contributed by atoms with Crippen molar-refractivity contribution in [1.29, 1.82) is 0 Å². The van der Waals surface area contributed by atoms with Crippen molar-refractivity contribution in [2.75, 3.05) is 26.7 Å². The van der Waals surface area contributed by atoms with Crippen molar-refractivity contribution >= 4 is 0 Å². The van der Waals surface area contributed by atoms with Crippen LogP contribution >= 0.6 is 0 Å². The Hall–Kier alpha value is -1.90.